The van der Waals surface area contributed by atoms with Crippen molar-refractivity contribution in [3.8, 4) is 0 Å². The number of thioether (sulfide) groups is 1. The number of nitrogens with zero attached hydrogens (tertiary/aromatic N) is 1. The summed E-state index contributed by atoms with van der Waals surface area (Å²) in [6.45, 7) is 4.06. The molecule has 4 nitrogen and oxygen atoms in total. The third-order valence-electron chi connectivity index (χ3n) is 5.52. The van der Waals surface area contributed by atoms with E-state index in [4.69, 9.17) is 0 Å². The summed E-state index contributed by atoms with van der Waals surface area (Å²) in [5, 5.41) is 3.09. The highest BCUT2D eigenvalue weighted by Crippen LogP contribution is 2.21. The van der Waals surface area contributed by atoms with Crippen molar-refractivity contribution in [3.05, 3.63) is 65.5 Å². The molecule has 0 spiro atoms. The van der Waals surface area contributed by atoms with Gasteiger partial charge in [0.05, 0.1) is 5.75 Å². The van der Waals surface area contributed by atoms with Gasteiger partial charge >= 0.3 is 0 Å². The summed E-state index contributed by atoms with van der Waals surface area (Å²) in [6, 6.07) is 13.7. The molecule has 1 aliphatic rings. The van der Waals surface area contributed by atoms with Crippen molar-refractivity contribution in [1.82, 2.24) is 10.2 Å². The number of halogens is 1. The Labute approximate surface area is 182 Å². The van der Waals surface area contributed by atoms with Crippen LogP contribution in [0.15, 0.2) is 53.4 Å². The fourth-order valence-corrected chi connectivity index (χ4v) is 4.41. The summed E-state index contributed by atoms with van der Waals surface area (Å²) in [5.41, 5.74) is 1.96. The molecule has 160 valence electrons. The van der Waals surface area contributed by atoms with Crippen LogP contribution in [0, 0.1) is 12.7 Å². The molecular formula is C24H29FN2O2S. The van der Waals surface area contributed by atoms with E-state index in [9.17, 15) is 14.0 Å². The van der Waals surface area contributed by atoms with Gasteiger partial charge in [-0.3, -0.25) is 9.59 Å². The molecule has 0 aromatic heterocycles. The lowest BCUT2D eigenvalue weighted by Gasteiger charge is -2.29. The Kier molecular flexibility index (Phi) is 7.91. The molecule has 2 amide bonds. The van der Waals surface area contributed by atoms with Crippen molar-refractivity contribution in [2.45, 2.75) is 63.1 Å². The third kappa shape index (κ3) is 6.33. The Morgan fingerprint density at radius 2 is 1.73 bits per heavy atom. The quantitative estimate of drug-likeness (QED) is 0.620. The minimum absolute atomic E-state index is 0.112. The monoisotopic (exact) mass is 428 g/mol. The predicted molar refractivity (Wildman–Crippen MR) is 119 cm³/mol. The third-order valence-corrected chi connectivity index (χ3v) is 6.52. The highest BCUT2D eigenvalue weighted by atomic mass is 32.2. The molecule has 0 heterocycles. The van der Waals surface area contributed by atoms with E-state index in [0.717, 1.165) is 36.1 Å². The lowest BCUT2D eigenvalue weighted by molar-refractivity contribution is -0.138. The number of aryl methyl sites for hydroxylation is 1. The normalized spacial score (nSPS) is 15.0. The second kappa shape index (κ2) is 10.6. The van der Waals surface area contributed by atoms with E-state index < -0.39 is 6.04 Å². The van der Waals surface area contributed by atoms with Gasteiger partial charge in [0.25, 0.3) is 0 Å². The maximum Gasteiger partial charge on any atom is 0.242 e. The Balaban J connectivity index is 1.69. The summed E-state index contributed by atoms with van der Waals surface area (Å²) < 4.78 is 13.3. The van der Waals surface area contributed by atoms with Gasteiger partial charge in [0.2, 0.25) is 11.8 Å². The zero-order valence-electron chi connectivity index (χ0n) is 17.6. The summed E-state index contributed by atoms with van der Waals surface area (Å²) in [7, 11) is 0. The summed E-state index contributed by atoms with van der Waals surface area (Å²) in [5.74, 6) is -0.319. The van der Waals surface area contributed by atoms with Crippen LogP contribution in [-0.4, -0.2) is 34.6 Å². The fraction of sp³-hybridized carbons (Fsp3) is 0.417. The molecule has 0 aliphatic heterocycles. The van der Waals surface area contributed by atoms with E-state index in [1.807, 2.05) is 31.2 Å². The molecule has 2 aromatic carbocycles. The molecule has 1 N–H and O–H groups in total. The van der Waals surface area contributed by atoms with Gasteiger partial charge < -0.3 is 10.2 Å². The maximum absolute atomic E-state index is 13.3. The van der Waals surface area contributed by atoms with Crippen LogP contribution in [-0.2, 0) is 16.1 Å². The lowest BCUT2D eigenvalue weighted by Crippen LogP contribution is -2.50. The Morgan fingerprint density at radius 1 is 1.10 bits per heavy atom. The minimum Gasteiger partial charge on any atom is -0.352 e. The van der Waals surface area contributed by atoms with Crippen LogP contribution in [0.5, 0.6) is 0 Å². The summed E-state index contributed by atoms with van der Waals surface area (Å²) >= 11 is 1.46. The van der Waals surface area contributed by atoms with Crippen LogP contribution in [0.3, 0.4) is 0 Å². The highest BCUT2D eigenvalue weighted by Gasteiger charge is 2.28. The molecule has 0 unspecified atom stereocenters. The SMILES string of the molecule is Cc1ccc(SCC(=O)N(Cc2ccc(F)cc2)[C@H](C)C(=O)NC2CCCC2)cc1. The van der Waals surface area contributed by atoms with Crippen LogP contribution in [0.2, 0.25) is 0 Å². The number of benzene rings is 2. The van der Waals surface area contributed by atoms with Crippen LogP contribution in [0.4, 0.5) is 4.39 Å². The molecule has 1 fully saturated rings. The van der Waals surface area contributed by atoms with Gasteiger partial charge in [-0.1, -0.05) is 42.7 Å². The molecular weight excluding hydrogens is 399 g/mol. The molecule has 1 saturated carbocycles. The van der Waals surface area contributed by atoms with Gasteiger partial charge in [-0.05, 0) is 56.5 Å². The number of carbonyl (C=O) groups excluding carboxylic acids is 2. The standard InChI is InChI=1S/C24H29FN2O2S/c1-17-7-13-22(14-8-17)30-16-23(28)27(15-19-9-11-20(25)12-10-19)18(2)24(29)26-21-5-3-4-6-21/h7-14,18,21H,3-6,15-16H2,1-2H3,(H,26,29)/t18-/m1/s1. The molecule has 3 rings (SSSR count). The molecule has 1 atom stereocenters. The average Bonchev–Trinajstić information content (AvgIpc) is 3.25. The van der Waals surface area contributed by atoms with E-state index in [0.29, 0.717) is 0 Å². The van der Waals surface area contributed by atoms with Gasteiger partial charge in [0.1, 0.15) is 11.9 Å². The van der Waals surface area contributed by atoms with Crippen molar-refractivity contribution in [1.29, 1.82) is 0 Å². The average molecular weight is 429 g/mol. The number of nitrogens with one attached hydrogen (secondary N) is 1. The fourth-order valence-electron chi connectivity index (χ4n) is 3.62. The van der Waals surface area contributed by atoms with E-state index in [2.05, 4.69) is 5.32 Å². The van der Waals surface area contributed by atoms with E-state index in [1.165, 1.54) is 29.5 Å². The first-order chi connectivity index (χ1) is 14.4. The molecule has 30 heavy (non-hydrogen) atoms. The van der Waals surface area contributed by atoms with Gasteiger partial charge in [-0.25, -0.2) is 4.39 Å². The van der Waals surface area contributed by atoms with Crippen LogP contribution in [0.25, 0.3) is 0 Å². The summed E-state index contributed by atoms with van der Waals surface area (Å²) in [4.78, 5) is 28.5. The van der Waals surface area contributed by atoms with Crippen molar-refractivity contribution < 1.29 is 14.0 Å². The molecule has 0 saturated heterocycles. The zero-order valence-corrected chi connectivity index (χ0v) is 18.4. The number of amides is 2. The van der Waals surface area contributed by atoms with E-state index in [-0.39, 0.29) is 36.0 Å². The first kappa shape index (κ1) is 22.3. The number of carbonyl (C=O) groups is 2. The second-order valence-electron chi connectivity index (χ2n) is 7.92. The van der Waals surface area contributed by atoms with E-state index in [1.54, 1.807) is 24.0 Å². The van der Waals surface area contributed by atoms with Crippen molar-refractivity contribution in [2.75, 3.05) is 5.75 Å². The zero-order chi connectivity index (χ0) is 21.5. The molecule has 0 radical (unpaired) electrons. The Hall–Kier alpha value is -2.34. The first-order valence-electron chi connectivity index (χ1n) is 10.5. The molecule has 2 aromatic rings. The predicted octanol–water partition coefficient (Wildman–Crippen LogP) is 4.70. The van der Waals surface area contributed by atoms with Crippen molar-refractivity contribution in [2.24, 2.45) is 0 Å². The molecule has 1 aliphatic carbocycles. The largest absolute Gasteiger partial charge is 0.352 e. The highest BCUT2D eigenvalue weighted by molar-refractivity contribution is 8.00. The van der Waals surface area contributed by atoms with Gasteiger partial charge in [0.15, 0.2) is 0 Å². The Bertz CT molecular complexity index is 849. The van der Waals surface area contributed by atoms with Crippen LogP contribution in [0.1, 0.15) is 43.7 Å². The molecule has 0 bridgehead atoms. The topological polar surface area (TPSA) is 49.4 Å². The lowest BCUT2D eigenvalue weighted by atomic mass is 10.1. The number of hydrogen-bond donors (Lipinski definition) is 1. The summed E-state index contributed by atoms with van der Waals surface area (Å²) in [6.07, 6.45) is 4.25. The van der Waals surface area contributed by atoms with Crippen molar-refractivity contribution >= 4 is 23.6 Å². The van der Waals surface area contributed by atoms with Gasteiger partial charge in [-0.15, -0.1) is 11.8 Å². The van der Waals surface area contributed by atoms with E-state index >= 15 is 0 Å². The number of rotatable bonds is 8. The first-order valence-corrected chi connectivity index (χ1v) is 11.4. The maximum atomic E-state index is 13.3. The van der Waals surface area contributed by atoms with Crippen LogP contribution < -0.4 is 5.32 Å². The van der Waals surface area contributed by atoms with Gasteiger partial charge in [0, 0.05) is 17.5 Å². The molecule has 6 heteroatoms. The number of hydrogen-bond acceptors (Lipinski definition) is 3. The second-order valence-corrected chi connectivity index (χ2v) is 8.96. The van der Waals surface area contributed by atoms with Crippen molar-refractivity contribution in [3.63, 3.8) is 0 Å². The van der Waals surface area contributed by atoms with Gasteiger partial charge in [-0.2, -0.15) is 0 Å². The van der Waals surface area contributed by atoms with Crippen LogP contribution >= 0.6 is 11.8 Å². The Morgan fingerprint density at radius 3 is 2.37 bits per heavy atom. The minimum atomic E-state index is -0.596. The smallest absolute Gasteiger partial charge is 0.242 e.